The second-order valence-corrected chi connectivity index (χ2v) is 6.27. The number of benzene rings is 1. The van der Waals surface area contributed by atoms with Gasteiger partial charge in [0.2, 0.25) is 0 Å². The van der Waals surface area contributed by atoms with E-state index in [0.29, 0.717) is 11.1 Å². The number of hydrogen-bond donors (Lipinski definition) is 0. The Kier molecular flexibility index (Phi) is 5.13. The summed E-state index contributed by atoms with van der Waals surface area (Å²) < 4.78 is 13.1. The van der Waals surface area contributed by atoms with Crippen LogP contribution in [-0.2, 0) is 0 Å². The van der Waals surface area contributed by atoms with Gasteiger partial charge in [-0.2, -0.15) is 0 Å². The van der Waals surface area contributed by atoms with Gasteiger partial charge in [-0.1, -0.05) is 30.7 Å². The van der Waals surface area contributed by atoms with Crippen LogP contribution in [0.1, 0.15) is 24.9 Å². The van der Waals surface area contributed by atoms with Crippen LogP contribution in [0.15, 0.2) is 42.6 Å². The lowest BCUT2D eigenvalue weighted by Crippen LogP contribution is -2.47. The van der Waals surface area contributed by atoms with Gasteiger partial charge in [-0.05, 0) is 36.2 Å². The molecule has 0 spiro atoms. The second kappa shape index (κ2) is 7.28. The van der Waals surface area contributed by atoms with E-state index in [9.17, 15) is 4.39 Å². The predicted octanol–water partition coefficient (Wildman–Crippen LogP) is 4.15. The van der Waals surface area contributed by atoms with Crippen molar-refractivity contribution in [1.82, 2.24) is 9.88 Å². The zero-order chi connectivity index (χ0) is 16.2. The molecule has 1 aliphatic heterocycles. The minimum Gasteiger partial charge on any atom is -0.354 e. The molecule has 0 N–H and O–H groups in total. The Morgan fingerprint density at radius 3 is 2.35 bits per heavy atom. The van der Waals surface area contributed by atoms with Gasteiger partial charge in [0.15, 0.2) is 0 Å². The van der Waals surface area contributed by atoms with Crippen molar-refractivity contribution in [3.8, 4) is 0 Å². The summed E-state index contributed by atoms with van der Waals surface area (Å²) in [5, 5.41) is 0.662. The Bertz CT molecular complexity index is 622. The van der Waals surface area contributed by atoms with E-state index in [2.05, 4.69) is 21.7 Å². The molecular weight excluding hydrogens is 313 g/mol. The molecule has 1 unspecified atom stereocenters. The smallest absolute Gasteiger partial charge is 0.128 e. The average Bonchev–Trinajstić information content (AvgIpc) is 2.59. The molecule has 3 nitrogen and oxygen atoms in total. The van der Waals surface area contributed by atoms with Gasteiger partial charge in [-0.3, -0.25) is 4.90 Å². The third-order valence-electron chi connectivity index (χ3n) is 4.43. The largest absolute Gasteiger partial charge is 0.354 e. The number of hydrogen-bond acceptors (Lipinski definition) is 3. The normalized spacial score (nSPS) is 17.3. The Hall–Kier alpha value is -1.65. The summed E-state index contributed by atoms with van der Waals surface area (Å²) in [6.45, 7) is 6.00. The lowest BCUT2D eigenvalue weighted by atomic mass is 10.0. The number of aromatic nitrogens is 1. The number of anilines is 1. The number of nitrogens with zero attached hydrogens (tertiary/aromatic N) is 3. The van der Waals surface area contributed by atoms with Gasteiger partial charge in [0.05, 0.1) is 5.02 Å². The van der Waals surface area contributed by atoms with Crippen molar-refractivity contribution in [1.29, 1.82) is 0 Å². The van der Waals surface area contributed by atoms with Crippen LogP contribution in [0.3, 0.4) is 0 Å². The van der Waals surface area contributed by atoms with Crippen LogP contribution in [0.2, 0.25) is 5.02 Å². The van der Waals surface area contributed by atoms with Crippen molar-refractivity contribution in [3.63, 3.8) is 0 Å². The van der Waals surface area contributed by atoms with E-state index in [-0.39, 0.29) is 5.82 Å². The fourth-order valence-corrected chi connectivity index (χ4v) is 3.32. The van der Waals surface area contributed by atoms with E-state index in [1.165, 1.54) is 5.56 Å². The molecule has 122 valence electrons. The van der Waals surface area contributed by atoms with E-state index in [1.54, 1.807) is 18.3 Å². The first-order valence-corrected chi connectivity index (χ1v) is 8.41. The SMILES string of the molecule is CCC(c1ccc(F)cc1)N1CCN(c2ccc(Cl)cn2)CC1. The van der Waals surface area contributed by atoms with Crippen LogP contribution < -0.4 is 4.90 Å². The van der Waals surface area contributed by atoms with E-state index >= 15 is 0 Å². The first-order chi connectivity index (χ1) is 11.2. The molecule has 0 saturated carbocycles. The molecule has 5 heteroatoms. The minimum absolute atomic E-state index is 0.178. The molecule has 0 radical (unpaired) electrons. The molecule has 1 aromatic heterocycles. The summed E-state index contributed by atoms with van der Waals surface area (Å²) in [5.74, 6) is 0.797. The van der Waals surface area contributed by atoms with Gasteiger partial charge in [0, 0.05) is 38.4 Å². The Morgan fingerprint density at radius 1 is 1.09 bits per heavy atom. The highest BCUT2D eigenvalue weighted by Crippen LogP contribution is 2.26. The molecule has 0 bridgehead atoms. The van der Waals surface area contributed by atoms with Crippen molar-refractivity contribution in [3.05, 3.63) is 59.0 Å². The van der Waals surface area contributed by atoms with Gasteiger partial charge in [-0.15, -0.1) is 0 Å². The van der Waals surface area contributed by atoms with Crippen molar-refractivity contribution in [2.45, 2.75) is 19.4 Å². The Balaban J connectivity index is 1.65. The zero-order valence-corrected chi connectivity index (χ0v) is 14.0. The van der Waals surface area contributed by atoms with Crippen LogP contribution in [0.5, 0.6) is 0 Å². The van der Waals surface area contributed by atoms with Gasteiger partial charge >= 0.3 is 0 Å². The van der Waals surface area contributed by atoms with E-state index in [0.717, 1.165) is 38.4 Å². The monoisotopic (exact) mass is 333 g/mol. The Morgan fingerprint density at radius 2 is 1.78 bits per heavy atom. The van der Waals surface area contributed by atoms with Crippen molar-refractivity contribution < 1.29 is 4.39 Å². The Labute approximate surface area is 141 Å². The molecule has 0 aliphatic carbocycles. The summed E-state index contributed by atoms with van der Waals surface area (Å²) >= 11 is 5.90. The maximum absolute atomic E-state index is 13.1. The zero-order valence-electron chi connectivity index (χ0n) is 13.3. The molecular formula is C18H21ClFN3. The highest BCUT2D eigenvalue weighted by Gasteiger charge is 2.24. The van der Waals surface area contributed by atoms with Gasteiger partial charge in [0.1, 0.15) is 11.6 Å². The van der Waals surface area contributed by atoms with Crippen molar-refractivity contribution in [2.75, 3.05) is 31.1 Å². The standard InChI is InChI=1S/C18H21ClFN3/c1-2-17(14-3-6-16(20)7-4-14)22-9-11-23(12-10-22)18-8-5-15(19)13-21-18/h3-8,13,17H,2,9-12H2,1H3. The third kappa shape index (κ3) is 3.82. The lowest BCUT2D eigenvalue weighted by Gasteiger charge is -2.39. The van der Waals surface area contributed by atoms with Crippen LogP contribution >= 0.6 is 11.6 Å². The summed E-state index contributed by atoms with van der Waals surface area (Å²) in [5.41, 5.74) is 1.19. The number of pyridine rings is 1. The summed E-state index contributed by atoms with van der Waals surface area (Å²) in [7, 11) is 0. The van der Waals surface area contributed by atoms with Gasteiger partial charge < -0.3 is 4.90 Å². The molecule has 1 fully saturated rings. The maximum atomic E-state index is 13.1. The topological polar surface area (TPSA) is 19.4 Å². The predicted molar refractivity (Wildman–Crippen MR) is 92.5 cm³/mol. The molecule has 2 aromatic rings. The molecule has 1 aliphatic rings. The summed E-state index contributed by atoms with van der Waals surface area (Å²) in [6.07, 6.45) is 2.71. The van der Waals surface area contributed by atoms with Crippen LogP contribution in [0, 0.1) is 5.82 Å². The molecule has 1 saturated heterocycles. The first kappa shape index (κ1) is 16.2. The van der Waals surface area contributed by atoms with Crippen LogP contribution in [-0.4, -0.2) is 36.1 Å². The molecule has 0 amide bonds. The average molecular weight is 334 g/mol. The maximum Gasteiger partial charge on any atom is 0.128 e. The van der Waals surface area contributed by atoms with Crippen LogP contribution in [0.4, 0.5) is 10.2 Å². The summed E-state index contributed by atoms with van der Waals surface area (Å²) in [6, 6.07) is 11.1. The van der Waals surface area contributed by atoms with Crippen LogP contribution in [0.25, 0.3) is 0 Å². The molecule has 1 atom stereocenters. The fraction of sp³-hybridized carbons (Fsp3) is 0.389. The highest BCUT2D eigenvalue weighted by molar-refractivity contribution is 6.30. The number of rotatable bonds is 4. The fourth-order valence-electron chi connectivity index (χ4n) is 3.21. The summed E-state index contributed by atoms with van der Waals surface area (Å²) in [4.78, 5) is 9.15. The first-order valence-electron chi connectivity index (χ1n) is 8.03. The third-order valence-corrected chi connectivity index (χ3v) is 4.66. The highest BCUT2D eigenvalue weighted by atomic mass is 35.5. The van der Waals surface area contributed by atoms with Gasteiger partial charge in [-0.25, -0.2) is 9.37 Å². The van der Waals surface area contributed by atoms with E-state index in [1.807, 2.05) is 24.3 Å². The quantitative estimate of drug-likeness (QED) is 0.838. The molecule has 3 rings (SSSR count). The second-order valence-electron chi connectivity index (χ2n) is 5.83. The van der Waals surface area contributed by atoms with Crippen molar-refractivity contribution >= 4 is 17.4 Å². The van der Waals surface area contributed by atoms with E-state index in [4.69, 9.17) is 11.6 Å². The number of halogens is 2. The lowest BCUT2D eigenvalue weighted by molar-refractivity contribution is 0.181. The van der Waals surface area contributed by atoms with Crippen molar-refractivity contribution in [2.24, 2.45) is 0 Å². The molecule has 23 heavy (non-hydrogen) atoms. The molecule has 1 aromatic carbocycles. The minimum atomic E-state index is -0.178. The molecule has 2 heterocycles. The van der Waals surface area contributed by atoms with Gasteiger partial charge in [0.25, 0.3) is 0 Å². The number of piperazine rings is 1. The van der Waals surface area contributed by atoms with E-state index < -0.39 is 0 Å².